The van der Waals surface area contributed by atoms with Crippen LogP contribution in [0.15, 0.2) is 66.0 Å². The molecule has 0 fully saturated rings. The average molecular weight is 315 g/mol. The van der Waals surface area contributed by atoms with Crippen LogP contribution in [0.5, 0.6) is 0 Å². The van der Waals surface area contributed by atoms with Crippen LogP contribution in [0.4, 0.5) is 0 Å². The minimum atomic E-state index is 0.842. The Bertz CT molecular complexity index is 914. The van der Waals surface area contributed by atoms with Crippen LogP contribution in [-0.2, 0) is 12.8 Å². The number of thiophene rings is 1. The molecule has 0 aliphatic rings. The van der Waals surface area contributed by atoms with E-state index in [2.05, 4.69) is 53.0 Å². The van der Waals surface area contributed by atoms with E-state index in [0.29, 0.717) is 0 Å². The molecule has 23 heavy (non-hydrogen) atoms. The molecule has 2 nitrogen and oxygen atoms in total. The summed E-state index contributed by atoms with van der Waals surface area (Å²) in [4.78, 5) is 10.2. The van der Waals surface area contributed by atoms with Crippen LogP contribution in [0.2, 0.25) is 0 Å². The van der Waals surface area contributed by atoms with Crippen LogP contribution in [0, 0.1) is 6.20 Å². The molecule has 0 spiro atoms. The number of hydrogen-bond donors (Lipinski definition) is 0. The first-order valence-corrected chi connectivity index (χ1v) is 8.53. The van der Waals surface area contributed by atoms with E-state index in [1.165, 1.54) is 16.7 Å². The van der Waals surface area contributed by atoms with Crippen molar-refractivity contribution in [3.63, 3.8) is 0 Å². The Morgan fingerprint density at radius 2 is 1.61 bits per heavy atom. The van der Waals surface area contributed by atoms with Crippen molar-refractivity contribution in [2.24, 2.45) is 0 Å². The van der Waals surface area contributed by atoms with E-state index >= 15 is 0 Å². The molecule has 0 atom stereocenters. The second kappa shape index (κ2) is 6.31. The van der Waals surface area contributed by atoms with Gasteiger partial charge in [-0.25, -0.2) is 9.97 Å². The summed E-state index contributed by atoms with van der Waals surface area (Å²) in [5.74, 6) is 0.864. The Balaban J connectivity index is 1.60. The van der Waals surface area contributed by atoms with Crippen molar-refractivity contribution >= 4 is 21.6 Å². The first kappa shape index (κ1) is 14.1. The zero-order chi connectivity index (χ0) is 15.5. The van der Waals surface area contributed by atoms with Gasteiger partial charge in [-0.3, -0.25) is 0 Å². The third-order valence-electron chi connectivity index (χ3n) is 3.86. The fraction of sp³-hybridized carbons (Fsp3) is 0.100. The van der Waals surface area contributed by atoms with Gasteiger partial charge in [0.1, 0.15) is 16.9 Å². The summed E-state index contributed by atoms with van der Waals surface area (Å²) in [6.45, 7) is 0. The van der Waals surface area contributed by atoms with Gasteiger partial charge in [0.2, 0.25) is 0 Å². The molecule has 0 bridgehead atoms. The maximum atomic E-state index is 4.71. The monoisotopic (exact) mass is 315 g/mol. The molecule has 0 saturated carbocycles. The molecule has 0 unspecified atom stereocenters. The molecule has 0 aliphatic heterocycles. The Morgan fingerprint density at radius 1 is 0.870 bits per heavy atom. The van der Waals surface area contributed by atoms with E-state index in [0.717, 1.165) is 28.9 Å². The molecule has 1 radical (unpaired) electrons. The summed E-state index contributed by atoms with van der Waals surface area (Å²) in [6, 6.07) is 20.8. The molecular weight excluding hydrogens is 300 g/mol. The number of aromatic nitrogens is 2. The molecule has 0 amide bonds. The summed E-state index contributed by atoms with van der Waals surface area (Å²) in [5.41, 5.74) is 3.67. The van der Waals surface area contributed by atoms with Gasteiger partial charge in [0.05, 0.1) is 0 Å². The first-order chi connectivity index (χ1) is 11.4. The van der Waals surface area contributed by atoms with Crippen LogP contribution >= 0.6 is 11.3 Å². The van der Waals surface area contributed by atoms with E-state index in [9.17, 15) is 0 Å². The summed E-state index contributed by atoms with van der Waals surface area (Å²) in [6.07, 6.45) is 5.00. The fourth-order valence-corrected chi connectivity index (χ4v) is 3.56. The van der Waals surface area contributed by atoms with Gasteiger partial charge in [0, 0.05) is 22.8 Å². The second-order valence-corrected chi connectivity index (χ2v) is 6.29. The minimum absolute atomic E-state index is 0.842. The van der Waals surface area contributed by atoms with Crippen molar-refractivity contribution in [2.75, 3.05) is 0 Å². The largest absolute Gasteiger partial charge is 0.230 e. The smallest absolute Gasteiger partial charge is 0.131 e. The van der Waals surface area contributed by atoms with Crippen molar-refractivity contribution in [1.29, 1.82) is 0 Å². The number of benzene rings is 2. The molecule has 2 aromatic heterocycles. The normalized spacial score (nSPS) is 11.0. The zero-order valence-corrected chi connectivity index (χ0v) is 13.4. The van der Waals surface area contributed by atoms with Crippen LogP contribution in [0.1, 0.15) is 11.4 Å². The van der Waals surface area contributed by atoms with Crippen molar-refractivity contribution in [3.05, 3.63) is 83.6 Å². The zero-order valence-electron chi connectivity index (χ0n) is 12.6. The average Bonchev–Trinajstić information content (AvgIpc) is 3.05. The summed E-state index contributed by atoms with van der Waals surface area (Å²) < 4.78 is 0. The Hall–Kier alpha value is -2.52. The topological polar surface area (TPSA) is 25.8 Å². The molecule has 4 aromatic rings. The van der Waals surface area contributed by atoms with Crippen molar-refractivity contribution in [1.82, 2.24) is 9.97 Å². The summed E-state index contributed by atoms with van der Waals surface area (Å²) in [7, 11) is 0. The van der Waals surface area contributed by atoms with Crippen LogP contribution < -0.4 is 0 Å². The third kappa shape index (κ3) is 3.01. The van der Waals surface area contributed by atoms with Crippen LogP contribution in [0.25, 0.3) is 21.3 Å². The van der Waals surface area contributed by atoms with Crippen molar-refractivity contribution in [2.45, 2.75) is 12.8 Å². The number of fused-ring (bicyclic) bond motifs is 1. The lowest BCUT2D eigenvalue weighted by molar-refractivity contribution is 0.870. The van der Waals surface area contributed by atoms with Gasteiger partial charge in [-0.05, 0) is 17.5 Å². The van der Waals surface area contributed by atoms with E-state index in [1.807, 2.05) is 24.3 Å². The fourth-order valence-electron chi connectivity index (χ4n) is 2.64. The van der Waals surface area contributed by atoms with Gasteiger partial charge in [-0.1, -0.05) is 60.7 Å². The van der Waals surface area contributed by atoms with Crippen LogP contribution in [-0.4, -0.2) is 9.97 Å². The Morgan fingerprint density at radius 3 is 2.39 bits per heavy atom. The standard InChI is InChI=1S/C20H15N2S/c1-3-7-15(8-4-1)11-12-19-21-13-17-18(14-23-20(17)22-19)16-9-5-2-6-10-16/h1-10,14H,11-12H2. The highest BCUT2D eigenvalue weighted by molar-refractivity contribution is 7.17. The molecule has 2 heterocycles. The van der Waals surface area contributed by atoms with Crippen molar-refractivity contribution < 1.29 is 0 Å². The maximum Gasteiger partial charge on any atom is 0.131 e. The quantitative estimate of drug-likeness (QED) is 0.533. The number of aryl methyl sites for hydroxylation is 2. The summed E-state index contributed by atoms with van der Waals surface area (Å²) >= 11 is 1.66. The van der Waals surface area contributed by atoms with Gasteiger partial charge < -0.3 is 0 Å². The molecular formula is C20H15N2S. The molecule has 3 heteroatoms. The molecule has 2 aromatic carbocycles. The lowest BCUT2D eigenvalue weighted by Crippen LogP contribution is -1.97. The summed E-state index contributed by atoms with van der Waals surface area (Å²) in [5, 5.41) is 3.16. The Labute approximate surface area is 139 Å². The molecule has 111 valence electrons. The third-order valence-corrected chi connectivity index (χ3v) is 4.74. The molecule has 0 aliphatic carbocycles. The van der Waals surface area contributed by atoms with E-state index < -0.39 is 0 Å². The lowest BCUT2D eigenvalue weighted by atomic mass is 10.1. The van der Waals surface area contributed by atoms with Gasteiger partial charge >= 0.3 is 0 Å². The van der Waals surface area contributed by atoms with Gasteiger partial charge in [-0.15, -0.1) is 11.3 Å². The lowest BCUT2D eigenvalue weighted by Gasteiger charge is -2.02. The van der Waals surface area contributed by atoms with E-state index in [1.54, 1.807) is 11.3 Å². The SMILES string of the molecule is [c]1nc(CCc2ccccc2)nc2scc(-c3ccccc3)c12. The number of hydrogen-bond acceptors (Lipinski definition) is 3. The predicted octanol–water partition coefficient (Wildman–Crippen LogP) is 4.94. The second-order valence-electron chi connectivity index (χ2n) is 5.43. The molecule has 0 saturated heterocycles. The molecule has 0 N–H and O–H groups in total. The molecule has 4 rings (SSSR count). The first-order valence-electron chi connectivity index (χ1n) is 7.65. The van der Waals surface area contributed by atoms with Gasteiger partial charge in [-0.2, -0.15) is 0 Å². The number of nitrogens with zero attached hydrogens (tertiary/aromatic N) is 2. The highest BCUT2D eigenvalue weighted by Gasteiger charge is 2.09. The van der Waals surface area contributed by atoms with Crippen LogP contribution in [0.3, 0.4) is 0 Å². The highest BCUT2D eigenvalue weighted by Crippen LogP contribution is 2.32. The Kier molecular flexibility index (Phi) is 3.86. The number of rotatable bonds is 4. The van der Waals surface area contributed by atoms with E-state index in [-0.39, 0.29) is 0 Å². The van der Waals surface area contributed by atoms with Crippen molar-refractivity contribution in [3.8, 4) is 11.1 Å². The van der Waals surface area contributed by atoms with Gasteiger partial charge in [0.15, 0.2) is 0 Å². The highest BCUT2D eigenvalue weighted by atomic mass is 32.1. The maximum absolute atomic E-state index is 4.71. The van der Waals surface area contributed by atoms with Gasteiger partial charge in [0.25, 0.3) is 0 Å². The minimum Gasteiger partial charge on any atom is -0.230 e. The predicted molar refractivity (Wildman–Crippen MR) is 95.5 cm³/mol. The van der Waals surface area contributed by atoms with E-state index in [4.69, 9.17) is 4.98 Å².